The SMILES string of the molecule is O=C(O)c1ccccc1C1C=CC=CC1C(=O)O. The maximum Gasteiger partial charge on any atom is 0.335 e. The maximum absolute atomic E-state index is 11.2. The molecule has 0 radical (unpaired) electrons. The summed E-state index contributed by atoms with van der Waals surface area (Å²) < 4.78 is 0. The first-order valence-electron chi connectivity index (χ1n) is 5.51. The molecule has 0 fully saturated rings. The highest BCUT2D eigenvalue weighted by molar-refractivity contribution is 5.90. The first-order valence-corrected chi connectivity index (χ1v) is 5.51. The summed E-state index contributed by atoms with van der Waals surface area (Å²) >= 11 is 0. The number of allylic oxidation sites excluding steroid dienone is 3. The number of aromatic carboxylic acids is 1. The van der Waals surface area contributed by atoms with Gasteiger partial charge in [0.1, 0.15) is 0 Å². The Morgan fingerprint density at radius 1 is 1.00 bits per heavy atom. The molecular weight excluding hydrogens is 232 g/mol. The van der Waals surface area contributed by atoms with Crippen LogP contribution >= 0.6 is 0 Å². The highest BCUT2D eigenvalue weighted by Crippen LogP contribution is 2.32. The van der Waals surface area contributed by atoms with Gasteiger partial charge < -0.3 is 10.2 Å². The van der Waals surface area contributed by atoms with Gasteiger partial charge in [-0.25, -0.2) is 4.79 Å². The fraction of sp³-hybridized carbons (Fsp3) is 0.143. The Kier molecular flexibility index (Phi) is 3.28. The summed E-state index contributed by atoms with van der Waals surface area (Å²) in [6, 6.07) is 6.49. The normalized spacial score (nSPS) is 21.8. The molecule has 0 saturated heterocycles. The molecule has 0 heterocycles. The molecule has 2 rings (SSSR count). The van der Waals surface area contributed by atoms with Crippen LogP contribution in [0.3, 0.4) is 0 Å². The lowest BCUT2D eigenvalue weighted by Crippen LogP contribution is -2.22. The summed E-state index contributed by atoms with van der Waals surface area (Å²) in [5, 5.41) is 18.3. The minimum atomic E-state index is -1.04. The second-order valence-electron chi connectivity index (χ2n) is 4.05. The monoisotopic (exact) mass is 244 g/mol. The van der Waals surface area contributed by atoms with Crippen LogP contribution < -0.4 is 0 Å². The minimum Gasteiger partial charge on any atom is -0.481 e. The standard InChI is InChI=1S/C14H12O4/c15-13(16)11-7-3-1-5-9(11)10-6-2-4-8-12(10)14(17)18/h1-9,11H,(H,15,16)(H,17,18). The number of aliphatic carboxylic acids is 1. The molecule has 2 unspecified atom stereocenters. The van der Waals surface area contributed by atoms with Crippen LogP contribution in [0.1, 0.15) is 21.8 Å². The van der Waals surface area contributed by atoms with Crippen LogP contribution in [0.25, 0.3) is 0 Å². The second kappa shape index (κ2) is 4.87. The van der Waals surface area contributed by atoms with Crippen LogP contribution in [-0.4, -0.2) is 22.2 Å². The number of rotatable bonds is 3. The highest BCUT2D eigenvalue weighted by atomic mass is 16.4. The van der Waals surface area contributed by atoms with E-state index in [9.17, 15) is 9.59 Å². The van der Waals surface area contributed by atoms with Crippen molar-refractivity contribution in [3.63, 3.8) is 0 Å². The van der Waals surface area contributed by atoms with Crippen LogP contribution in [0.2, 0.25) is 0 Å². The second-order valence-corrected chi connectivity index (χ2v) is 4.05. The first-order chi connectivity index (χ1) is 8.61. The third-order valence-electron chi connectivity index (χ3n) is 2.97. The first kappa shape index (κ1) is 12.1. The molecule has 0 amide bonds. The van der Waals surface area contributed by atoms with Crippen LogP contribution in [0.4, 0.5) is 0 Å². The Balaban J connectivity index is 2.47. The number of carboxylic acids is 2. The van der Waals surface area contributed by atoms with Crippen molar-refractivity contribution >= 4 is 11.9 Å². The molecule has 1 aromatic rings. The molecule has 0 saturated carbocycles. The Labute approximate surface area is 104 Å². The number of carboxylic acid groups (broad SMARTS) is 2. The lowest BCUT2D eigenvalue weighted by atomic mass is 9.81. The Bertz CT molecular complexity index is 542. The quantitative estimate of drug-likeness (QED) is 0.855. The average Bonchev–Trinajstić information content (AvgIpc) is 2.38. The molecular formula is C14H12O4. The van der Waals surface area contributed by atoms with Crippen molar-refractivity contribution in [3.05, 3.63) is 59.7 Å². The molecule has 2 N–H and O–H groups in total. The van der Waals surface area contributed by atoms with Crippen molar-refractivity contribution in [1.82, 2.24) is 0 Å². The van der Waals surface area contributed by atoms with Gasteiger partial charge in [-0.15, -0.1) is 0 Å². The summed E-state index contributed by atoms with van der Waals surface area (Å²) in [5.41, 5.74) is 0.673. The van der Waals surface area contributed by atoms with E-state index < -0.39 is 23.8 Å². The lowest BCUT2D eigenvalue weighted by Gasteiger charge is -2.22. The van der Waals surface area contributed by atoms with Crippen molar-refractivity contribution in [2.45, 2.75) is 5.92 Å². The van der Waals surface area contributed by atoms with Gasteiger partial charge in [0.2, 0.25) is 0 Å². The molecule has 0 aliphatic heterocycles. The Morgan fingerprint density at radius 2 is 1.67 bits per heavy atom. The summed E-state index contributed by atoms with van der Waals surface area (Å²) in [6.45, 7) is 0. The molecule has 0 bridgehead atoms. The molecule has 0 spiro atoms. The predicted octanol–water partition coefficient (Wildman–Crippen LogP) is 2.30. The van der Waals surface area contributed by atoms with Crippen molar-refractivity contribution in [2.75, 3.05) is 0 Å². The fourth-order valence-corrected chi connectivity index (χ4v) is 2.12. The smallest absolute Gasteiger partial charge is 0.335 e. The van der Waals surface area contributed by atoms with Gasteiger partial charge in [-0.3, -0.25) is 4.79 Å². The molecule has 92 valence electrons. The van der Waals surface area contributed by atoms with Gasteiger partial charge in [0.25, 0.3) is 0 Å². The van der Waals surface area contributed by atoms with Crippen LogP contribution in [0.15, 0.2) is 48.6 Å². The Morgan fingerprint density at radius 3 is 2.33 bits per heavy atom. The van der Waals surface area contributed by atoms with Crippen molar-refractivity contribution in [1.29, 1.82) is 0 Å². The van der Waals surface area contributed by atoms with E-state index in [4.69, 9.17) is 10.2 Å². The van der Waals surface area contributed by atoms with E-state index in [-0.39, 0.29) is 5.56 Å². The summed E-state index contributed by atoms with van der Waals surface area (Å²) in [4.78, 5) is 22.3. The minimum absolute atomic E-state index is 0.147. The number of hydrogen-bond donors (Lipinski definition) is 2. The summed E-state index contributed by atoms with van der Waals surface area (Å²) in [7, 11) is 0. The van der Waals surface area contributed by atoms with Gasteiger partial charge in [0.05, 0.1) is 11.5 Å². The predicted molar refractivity (Wildman–Crippen MR) is 65.5 cm³/mol. The van der Waals surface area contributed by atoms with Crippen molar-refractivity contribution in [3.8, 4) is 0 Å². The lowest BCUT2D eigenvalue weighted by molar-refractivity contribution is -0.140. The summed E-state index contributed by atoms with van der Waals surface area (Å²) in [5.74, 6) is -3.17. The van der Waals surface area contributed by atoms with Crippen molar-refractivity contribution < 1.29 is 19.8 Å². The van der Waals surface area contributed by atoms with E-state index in [0.29, 0.717) is 5.56 Å². The summed E-state index contributed by atoms with van der Waals surface area (Å²) in [6.07, 6.45) is 6.70. The number of carbonyl (C=O) groups is 2. The zero-order valence-corrected chi connectivity index (χ0v) is 9.48. The zero-order chi connectivity index (χ0) is 13.1. The van der Waals surface area contributed by atoms with Gasteiger partial charge in [-0.05, 0) is 11.6 Å². The average molecular weight is 244 g/mol. The molecule has 1 aliphatic rings. The molecule has 4 nitrogen and oxygen atoms in total. The van der Waals surface area contributed by atoms with Crippen LogP contribution in [-0.2, 0) is 4.79 Å². The van der Waals surface area contributed by atoms with Gasteiger partial charge in [0.15, 0.2) is 0 Å². The molecule has 4 heteroatoms. The van der Waals surface area contributed by atoms with Gasteiger partial charge in [0, 0.05) is 5.92 Å². The van der Waals surface area contributed by atoms with E-state index in [2.05, 4.69) is 0 Å². The number of hydrogen-bond acceptors (Lipinski definition) is 2. The highest BCUT2D eigenvalue weighted by Gasteiger charge is 2.29. The van der Waals surface area contributed by atoms with E-state index in [1.54, 1.807) is 42.5 Å². The van der Waals surface area contributed by atoms with Crippen LogP contribution in [0, 0.1) is 5.92 Å². The zero-order valence-electron chi connectivity index (χ0n) is 9.48. The fourth-order valence-electron chi connectivity index (χ4n) is 2.12. The molecule has 2 atom stereocenters. The third-order valence-corrected chi connectivity index (χ3v) is 2.97. The maximum atomic E-state index is 11.2. The van der Waals surface area contributed by atoms with Crippen LogP contribution in [0.5, 0.6) is 0 Å². The van der Waals surface area contributed by atoms with E-state index in [0.717, 1.165) is 0 Å². The van der Waals surface area contributed by atoms with Gasteiger partial charge >= 0.3 is 11.9 Å². The number of benzene rings is 1. The van der Waals surface area contributed by atoms with E-state index >= 15 is 0 Å². The van der Waals surface area contributed by atoms with E-state index in [1.165, 1.54) is 6.07 Å². The largest absolute Gasteiger partial charge is 0.481 e. The molecule has 0 aromatic heterocycles. The molecule has 1 aromatic carbocycles. The third kappa shape index (κ3) is 2.18. The topological polar surface area (TPSA) is 74.6 Å². The van der Waals surface area contributed by atoms with Crippen molar-refractivity contribution in [2.24, 2.45) is 5.92 Å². The Hall–Kier alpha value is -2.36. The van der Waals surface area contributed by atoms with Gasteiger partial charge in [-0.1, -0.05) is 42.5 Å². The molecule has 18 heavy (non-hydrogen) atoms. The van der Waals surface area contributed by atoms with Gasteiger partial charge in [-0.2, -0.15) is 0 Å². The van der Waals surface area contributed by atoms with E-state index in [1.807, 2.05) is 0 Å². The molecule has 1 aliphatic carbocycles.